The van der Waals surface area contributed by atoms with Gasteiger partial charge in [-0.3, -0.25) is 0 Å². The molecule has 5 nitrogen and oxygen atoms in total. The van der Waals surface area contributed by atoms with E-state index in [1.165, 1.54) is 0 Å². The third kappa shape index (κ3) is 0.978. The Morgan fingerprint density at radius 2 is 2.33 bits per heavy atom. The van der Waals surface area contributed by atoms with Crippen LogP contribution in [0, 0.1) is 0 Å². The number of anilines is 1. The topological polar surface area (TPSA) is 84.5 Å². The van der Waals surface area contributed by atoms with Crippen LogP contribution in [0.3, 0.4) is 0 Å². The van der Waals surface area contributed by atoms with Gasteiger partial charge in [0.1, 0.15) is 0 Å². The highest BCUT2D eigenvalue weighted by molar-refractivity contribution is 7.92. The van der Waals surface area contributed by atoms with Gasteiger partial charge < -0.3 is 11.1 Å². The first-order chi connectivity index (χ1) is 5.59. The Labute approximate surface area is 73.0 Å². The van der Waals surface area contributed by atoms with E-state index in [0.29, 0.717) is 5.69 Å². The molecule has 64 valence electrons. The standard InChI is InChI=1S/C5H5N3O2S2/c6-5-7-3-1-2-11-4(3)12(9,10)8-5/h1-2H,(H3,6,7,8). The average Bonchev–Trinajstić information content (AvgIpc) is 2.32. The Bertz CT molecular complexity index is 445. The minimum atomic E-state index is -3.53. The monoisotopic (exact) mass is 203 g/mol. The van der Waals surface area contributed by atoms with E-state index < -0.39 is 10.0 Å². The molecule has 1 aromatic heterocycles. The number of thiophene rings is 1. The van der Waals surface area contributed by atoms with Crippen LogP contribution >= 0.6 is 11.3 Å². The highest BCUT2D eigenvalue weighted by Gasteiger charge is 2.24. The number of hydrogen-bond donors (Lipinski definition) is 2. The number of nitrogens with one attached hydrogen (secondary N) is 1. The van der Waals surface area contributed by atoms with Crippen molar-refractivity contribution in [2.75, 3.05) is 5.32 Å². The molecule has 0 atom stereocenters. The van der Waals surface area contributed by atoms with Gasteiger partial charge in [0.15, 0.2) is 4.21 Å². The van der Waals surface area contributed by atoms with Crippen molar-refractivity contribution < 1.29 is 8.42 Å². The van der Waals surface area contributed by atoms with Gasteiger partial charge in [-0.1, -0.05) is 0 Å². The molecular formula is C5H5N3O2S2. The van der Waals surface area contributed by atoms with Gasteiger partial charge in [-0.05, 0) is 11.4 Å². The van der Waals surface area contributed by atoms with Crippen molar-refractivity contribution in [3.8, 4) is 0 Å². The SMILES string of the molecule is NC1=NS(=O)(=O)c2sccc2N1. The summed E-state index contributed by atoms with van der Waals surface area (Å²) in [6.45, 7) is 0. The summed E-state index contributed by atoms with van der Waals surface area (Å²) in [4.78, 5) is 0. The minimum absolute atomic E-state index is 0.0825. The van der Waals surface area contributed by atoms with Gasteiger partial charge >= 0.3 is 0 Å². The molecule has 0 saturated heterocycles. The summed E-state index contributed by atoms with van der Waals surface area (Å²) in [6, 6.07) is 1.65. The van der Waals surface area contributed by atoms with Gasteiger partial charge in [-0.2, -0.15) is 8.42 Å². The first-order valence-electron chi connectivity index (χ1n) is 3.04. The van der Waals surface area contributed by atoms with Crippen LogP contribution in [0.4, 0.5) is 5.69 Å². The third-order valence-corrected chi connectivity index (χ3v) is 4.10. The molecule has 2 rings (SSSR count). The maximum absolute atomic E-state index is 11.2. The first kappa shape index (κ1) is 7.56. The lowest BCUT2D eigenvalue weighted by Gasteiger charge is -2.10. The van der Waals surface area contributed by atoms with Crippen LogP contribution in [0.5, 0.6) is 0 Å². The molecule has 0 unspecified atom stereocenters. The van der Waals surface area contributed by atoms with Crippen LogP contribution in [-0.2, 0) is 10.0 Å². The maximum atomic E-state index is 11.2. The molecular weight excluding hydrogens is 198 g/mol. The molecule has 0 bridgehead atoms. The molecule has 1 aliphatic rings. The van der Waals surface area contributed by atoms with Crippen molar-refractivity contribution in [3.63, 3.8) is 0 Å². The van der Waals surface area contributed by atoms with Crippen molar-refractivity contribution in [3.05, 3.63) is 11.4 Å². The van der Waals surface area contributed by atoms with Crippen molar-refractivity contribution in [2.24, 2.45) is 10.1 Å². The summed E-state index contributed by atoms with van der Waals surface area (Å²) < 4.78 is 26.0. The van der Waals surface area contributed by atoms with Crippen LogP contribution in [0.1, 0.15) is 0 Å². The van der Waals surface area contributed by atoms with Crippen LogP contribution in [0.25, 0.3) is 0 Å². The van der Waals surface area contributed by atoms with E-state index in [1.807, 2.05) is 0 Å². The molecule has 2 heterocycles. The molecule has 1 aliphatic heterocycles. The van der Waals surface area contributed by atoms with Crippen molar-refractivity contribution in [1.29, 1.82) is 0 Å². The summed E-state index contributed by atoms with van der Waals surface area (Å²) in [6.07, 6.45) is 0. The second kappa shape index (κ2) is 2.20. The van der Waals surface area contributed by atoms with E-state index in [2.05, 4.69) is 9.71 Å². The van der Waals surface area contributed by atoms with Gasteiger partial charge in [-0.15, -0.1) is 15.7 Å². The zero-order valence-corrected chi connectivity index (χ0v) is 7.45. The van der Waals surface area contributed by atoms with Crippen molar-refractivity contribution >= 4 is 33.0 Å². The lowest BCUT2D eigenvalue weighted by molar-refractivity contribution is 0.599. The Morgan fingerprint density at radius 3 is 3.08 bits per heavy atom. The zero-order chi connectivity index (χ0) is 8.77. The van der Waals surface area contributed by atoms with Gasteiger partial charge in [-0.25, -0.2) is 0 Å². The van der Waals surface area contributed by atoms with E-state index in [-0.39, 0.29) is 10.2 Å². The Kier molecular flexibility index (Phi) is 1.39. The van der Waals surface area contributed by atoms with E-state index in [4.69, 9.17) is 5.73 Å². The fourth-order valence-corrected chi connectivity index (χ4v) is 3.04. The molecule has 0 radical (unpaired) electrons. The third-order valence-electron chi connectivity index (χ3n) is 1.35. The molecule has 3 N–H and O–H groups in total. The smallest absolute Gasteiger partial charge is 0.297 e. The Morgan fingerprint density at radius 1 is 1.58 bits per heavy atom. The number of guanidine groups is 1. The lowest BCUT2D eigenvalue weighted by atomic mass is 10.5. The zero-order valence-electron chi connectivity index (χ0n) is 5.81. The van der Waals surface area contributed by atoms with Crippen molar-refractivity contribution in [1.82, 2.24) is 0 Å². The van der Waals surface area contributed by atoms with Gasteiger partial charge in [0.25, 0.3) is 10.0 Å². The maximum Gasteiger partial charge on any atom is 0.297 e. The van der Waals surface area contributed by atoms with E-state index in [1.54, 1.807) is 11.4 Å². The number of sulfonamides is 1. The molecule has 1 aromatic rings. The van der Waals surface area contributed by atoms with E-state index in [9.17, 15) is 8.42 Å². The molecule has 0 aliphatic carbocycles. The van der Waals surface area contributed by atoms with Gasteiger partial charge in [0, 0.05) is 0 Å². The van der Waals surface area contributed by atoms with Crippen LogP contribution in [0.2, 0.25) is 0 Å². The highest BCUT2D eigenvalue weighted by atomic mass is 32.2. The summed E-state index contributed by atoms with van der Waals surface area (Å²) >= 11 is 1.12. The fraction of sp³-hybridized carbons (Fsp3) is 0. The number of fused-ring (bicyclic) bond motifs is 1. The fourth-order valence-electron chi connectivity index (χ4n) is 0.920. The number of rotatable bonds is 0. The lowest BCUT2D eigenvalue weighted by Crippen LogP contribution is -2.27. The summed E-state index contributed by atoms with van der Waals surface area (Å²) in [5.74, 6) is -0.0825. The molecule has 0 fully saturated rings. The minimum Gasteiger partial charge on any atom is -0.369 e. The summed E-state index contributed by atoms with van der Waals surface area (Å²) in [5.41, 5.74) is 5.76. The van der Waals surface area contributed by atoms with Crippen LogP contribution in [0.15, 0.2) is 20.1 Å². The molecule has 7 heteroatoms. The van der Waals surface area contributed by atoms with Crippen molar-refractivity contribution in [2.45, 2.75) is 4.21 Å². The molecule has 12 heavy (non-hydrogen) atoms. The molecule has 0 spiro atoms. The van der Waals surface area contributed by atoms with E-state index >= 15 is 0 Å². The predicted molar refractivity (Wildman–Crippen MR) is 46.7 cm³/mol. The van der Waals surface area contributed by atoms with E-state index in [0.717, 1.165) is 11.3 Å². The number of hydrogen-bond acceptors (Lipinski definition) is 5. The van der Waals surface area contributed by atoms with Crippen LogP contribution in [-0.4, -0.2) is 14.4 Å². The number of nitrogens with zero attached hydrogens (tertiary/aromatic N) is 1. The Balaban J connectivity index is 2.72. The van der Waals surface area contributed by atoms with Gasteiger partial charge in [0.2, 0.25) is 5.96 Å². The predicted octanol–water partition coefficient (Wildman–Crippen LogP) is 0.177. The second-order valence-electron chi connectivity index (χ2n) is 2.20. The normalized spacial score (nSPS) is 19.2. The Hall–Kier alpha value is -1.08. The highest BCUT2D eigenvalue weighted by Crippen LogP contribution is 2.31. The second-order valence-corrected chi connectivity index (χ2v) is 4.91. The largest absolute Gasteiger partial charge is 0.369 e. The molecule has 0 saturated carbocycles. The summed E-state index contributed by atoms with van der Waals surface area (Å²) in [5, 5.41) is 4.32. The quantitative estimate of drug-likeness (QED) is 0.629. The molecule has 0 amide bonds. The van der Waals surface area contributed by atoms with Crippen LogP contribution < -0.4 is 11.1 Å². The average molecular weight is 203 g/mol. The summed E-state index contributed by atoms with van der Waals surface area (Å²) in [7, 11) is -3.53. The first-order valence-corrected chi connectivity index (χ1v) is 5.36. The molecule has 0 aromatic carbocycles. The van der Waals surface area contributed by atoms with Gasteiger partial charge in [0.05, 0.1) is 5.69 Å². The number of nitrogens with two attached hydrogens (primary N) is 1.